The molecule has 0 N–H and O–H groups in total. The predicted octanol–water partition coefficient (Wildman–Crippen LogP) is 3.81. The molecular formula is C19H21NO. The van der Waals surface area contributed by atoms with Crippen LogP contribution < -0.4 is 0 Å². The van der Waals surface area contributed by atoms with E-state index in [0.717, 1.165) is 25.9 Å². The molecule has 3 rings (SSSR count). The molecule has 2 nitrogen and oxygen atoms in total. The molecule has 2 heteroatoms. The van der Waals surface area contributed by atoms with Crippen LogP contribution in [0, 0.1) is 0 Å². The number of hydrogen-bond donors (Lipinski definition) is 0. The Labute approximate surface area is 126 Å². The Bertz CT molecular complexity index is 538. The quantitative estimate of drug-likeness (QED) is 0.829. The molecule has 1 aliphatic carbocycles. The van der Waals surface area contributed by atoms with Crippen molar-refractivity contribution in [3.05, 3.63) is 71.8 Å². The average Bonchev–Trinajstić information content (AvgIpc) is 2.95. The van der Waals surface area contributed by atoms with Crippen LogP contribution in [-0.4, -0.2) is 16.7 Å². The van der Waals surface area contributed by atoms with Crippen LogP contribution in [-0.2, 0) is 17.9 Å². The lowest BCUT2D eigenvalue weighted by Crippen LogP contribution is -2.32. The maximum absolute atomic E-state index is 11.6. The van der Waals surface area contributed by atoms with Gasteiger partial charge in [0.1, 0.15) is 5.78 Å². The molecule has 0 saturated heterocycles. The van der Waals surface area contributed by atoms with Crippen molar-refractivity contribution in [3.8, 4) is 0 Å². The van der Waals surface area contributed by atoms with Gasteiger partial charge in [-0.1, -0.05) is 60.7 Å². The van der Waals surface area contributed by atoms with E-state index in [1.165, 1.54) is 11.1 Å². The van der Waals surface area contributed by atoms with Gasteiger partial charge in [0.05, 0.1) is 0 Å². The Hall–Kier alpha value is -1.93. The third-order valence-corrected chi connectivity index (χ3v) is 4.19. The Balaban J connectivity index is 1.76. The molecule has 1 saturated carbocycles. The molecule has 0 bridgehead atoms. The second-order valence-electron chi connectivity index (χ2n) is 5.81. The first kappa shape index (κ1) is 14.0. The fraction of sp³-hybridized carbons (Fsp3) is 0.316. The van der Waals surface area contributed by atoms with Gasteiger partial charge in [0.2, 0.25) is 0 Å². The zero-order valence-electron chi connectivity index (χ0n) is 12.2. The smallest absolute Gasteiger partial charge is 0.134 e. The van der Waals surface area contributed by atoms with Crippen molar-refractivity contribution in [2.24, 2.45) is 0 Å². The summed E-state index contributed by atoms with van der Waals surface area (Å²) in [6, 6.07) is 21.4. The number of nitrogens with zero attached hydrogens (tertiary/aromatic N) is 1. The largest absolute Gasteiger partial charge is 0.300 e. The third-order valence-electron chi connectivity index (χ3n) is 4.19. The van der Waals surface area contributed by atoms with Gasteiger partial charge in [0, 0.05) is 32.0 Å². The first-order valence-electron chi connectivity index (χ1n) is 7.65. The number of rotatable bonds is 5. The van der Waals surface area contributed by atoms with Gasteiger partial charge in [0.15, 0.2) is 0 Å². The lowest BCUT2D eigenvalue weighted by atomic mass is 10.1. The average molecular weight is 279 g/mol. The molecule has 1 unspecified atom stereocenters. The minimum atomic E-state index is 0.387. The van der Waals surface area contributed by atoms with Gasteiger partial charge >= 0.3 is 0 Å². The van der Waals surface area contributed by atoms with Gasteiger partial charge in [0.25, 0.3) is 0 Å². The lowest BCUT2D eigenvalue weighted by Gasteiger charge is -2.28. The van der Waals surface area contributed by atoms with Crippen molar-refractivity contribution < 1.29 is 4.79 Å². The molecule has 0 spiro atoms. The van der Waals surface area contributed by atoms with Crippen molar-refractivity contribution >= 4 is 5.78 Å². The lowest BCUT2D eigenvalue weighted by molar-refractivity contribution is -0.117. The van der Waals surface area contributed by atoms with Gasteiger partial charge in [-0.05, 0) is 17.5 Å². The Kier molecular flexibility index (Phi) is 4.46. The van der Waals surface area contributed by atoms with E-state index in [0.29, 0.717) is 18.2 Å². The van der Waals surface area contributed by atoms with E-state index < -0.39 is 0 Å². The molecule has 2 aromatic rings. The SMILES string of the molecule is O=C1CCC(N(Cc2ccccc2)Cc2ccccc2)C1. The number of carbonyl (C=O) groups excluding carboxylic acids is 1. The van der Waals surface area contributed by atoms with E-state index in [4.69, 9.17) is 0 Å². The van der Waals surface area contributed by atoms with Crippen LogP contribution in [0.25, 0.3) is 0 Å². The monoisotopic (exact) mass is 279 g/mol. The molecule has 108 valence electrons. The number of benzene rings is 2. The minimum Gasteiger partial charge on any atom is -0.300 e. The minimum absolute atomic E-state index is 0.387. The van der Waals surface area contributed by atoms with Crippen LogP contribution >= 0.6 is 0 Å². The Morgan fingerprint density at radius 3 is 1.81 bits per heavy atom. The maximum Gasteiger partial charge on any atom is 0.134 e. The summed E-state index contributed by atoms with van der Waals surface area (Å²) in [6.45, 7) is 1.82. The number of carbonyl (C=O) groups is 1. The summed E-state index contributed by atoms with van der Waals surface area (Å²) in [5.41, 5.74) is 2.63. The van der Waals surface area contributed by atoms with Crippen LogP contribution in [0.5, 0.6) is 0 Å². The van der Waals surface area contributed by atoms with Crippen LogP contribution in [0.1, 0.15) is 30.4 Å². The highest BCUT2D eigenvalue weighted by Crippen LogP contribution is 2.24. The zero-order valence-corrected chi connectivity index (χ0v) is 12.2. The third kappa shape index (κ3) is 3.79. The summed E-state index contributed by atoms with van der Waals surface area (Å²) < 4.78 is 0. The second-order valence-corrected chi connectivity index (χ2v) is 5.81. The first-order chi connectivity index (χ1) is 10.3. The van der Waals surface area contributed by atoms with E-state index in [1.807, 2.05) is 12.1 Å². The Morgan fingerprint density at radius 1 is 0.857 bits per heavy atom. The number of Topliss-reactive ketones (excluding diaryl/α,β-unsaturated/α-hetero) is 1. The van der Waals surface area contributed by atoms with E-state index in [1.54, 1.807) is 0 Å². The van der Waals surface area contributed by atoms with Gasteiger partial charge in [-0.25, -0.2) is 0 Å². The zero-order chi connectivity index (χ0) is 14.5. The van der Waals surface area contributed by atoms with Crippen molar-refractivity contribution in [2.75, 3.05) is 0 Å². The molecule has 1 aliphatic rings. The van der Waals surface area contributed by atoms with Crippen LogP contribution in [0.15, 0.2) is 60.7 Å². The summed E-state index contributed by atoms with van der Waals surface area (Å²) in [5.74, 6) is 0.408. The normalized spacial score (nSPS) is 18.3. The standard InChI is InChI=1S/C19H21NO/c21-19-12-11-18(13-19)20(14-16-7-3-1-4-8-16)15-17-9-5-2-6-10-17/h1-10,18H,11-15H2. The van der Waals surface area contributed by atoms with Crippen LogP contribution in [0.4, 0.5) is 0 Å². The summed E-state index contributed by atoms with van der Waals surface area (Å²) in [4.78, 5) is 14.1. The highest BCUT2D eigenvalue weighted by molar-refractivity contribution is 5.81. The molecule has 0 aliphatic heterocycles. The van der Waals surface area contributed by atoms with Crippen LogP contribution in [0.3, 0.4) is 0 Å². The van der Waals surface area contributed by atoms with E-state index in [9.17, 15) is 4.79 Å². The van der Waals surface area contributed by atoms with Gasteiger partial charge in [-0.15, -0.1) is 0 Å². The predicted molar refractivity (Wildman–Crippen MR) is 84.8 cm³/mol. The fourth-order valence-corrected chi connectivity index (χ4v) is 3.06. The highest BCUT2D eigenvalue weighted by Gasteiger charge is 2.27. The molecule has 1 atom stereocenters. The van der Waals surface area contributed by atoms with Crippen molar-refractivity contribution in [2.45, 2.75) is 38.4 Å². The topological polar surface area (TPSA) is 20.3 Å². The molecule has 0 amide bonds. The summed E-state index contributed by atoms with van der Waals surface area (Å²) in [5, 5.41) is 0. The molecule has 0 heterocycles. The first-order valence-corrected chi connectivity index (χ1v) is 7.65. The van der Waals surface area contributed by atoms with Crippen molar-refractivity contribution in [3.63, 3.8) is 0 Å². The fourth-order valence-electron chi connectivity index (χ4n) is 3.06. The second kappa shape index (κ2) is 6.68. The van der Waals surface area contributed by atoms with Crippen molar-refractivity contribution in [1.29, 1.82) is 0 Å². The molecule has 1 fully saturated rings. The molecule has 0 radical (unpaired) electrons. The maximum atomic E-state index is 11.6. The number of hydrogen-bond acceptors (Lipinski definition) is 2. The Morgan fingerprint density at radius 2 is 1.38 bits per heavy atom. The molecule has 0 aromatic heterocycles. The van der Waals surface area contributed by atoms with Crippen LogP contribution in [0.2, 0.25) is 0 Å². The summed E-state index contributed by atoms with van der Waals surface area (Å²) in [6.07, 6.45) is 2.45. The number of ketones is 1. The molecular weight excluding hydrogens is 258 g/mol. The van der Waals surface area contributed by atoms with E-state index in [-0.39, 0.29) is 0 Å². The van der Waals surface area contributed by atoms with E-state index in [2.05, 4.69) is 53.4 Å². The molecule has 21 heavy (non-hydrogen) atoms. The van der Waals surface area contributed by atoms with Crippen molar-refractivity contribution in [1.82, 2.24) is 4.90 Å². The highest BCUT2D eigenvalue weighted by atomic mass is 16.1. The summed E-state index contributed by atoms with van der Waals surface area (Å²) >= 11 is 0. The van der Waals surface area contributed by atoms with Gasteiger partial charge < -0.3 is 0 Å². The van der Waals surface area contributed by atoms with Gasteiger partial charge in [-0.2, -0.15) is 0 Å². The molecule has 2 aromatic carbocycles. The van der Waals surface area contributed by atoms with Gasteiger partial charge in [-0.3, -0.25) is 9.69 Å². The summed E-state index contributed by atoms with van der Waals surface area (Å²) in [7, 11) is 0. The van der Waals surface area contributed by atoms with E-state index >= 15 is 0 Å².